The van der Waals surface area contributed by atoms with Crippen LogP contribution in [0.15, 0.2) is 0 Å². The van der Waals surface area contributed by atoms with Gasteiger partial charge >= 0.3 is 0 Å². The summed E-state index contributed by atoms with van der Waals surface area (Å²) in [5.74, 6) is 1.81. The van der Waals surface area contributed by atoms with E-state index in [4.69, 9.17) is 4.43 Å². The van der Waals surface area contributed by atoms with Crippen LogP contribution in [0.5, 0.6) is 0 Å². The summed E-state index contributed by atoms with van der Waals surface area (Å²) >= 11 is 0. The van der Waals surface area contributed by atoms with Gasteiger partial charge in [-0.25, -0.2) is 0 Å². The molecule has 3 unspecified atom stereocenters. The zero-order chi connectivity index (χ0) is 18.3. The molecule has 2 nitrogen and oxygen atoms in total. The van der Waals surface area contributed by atoms with Crippen molar-refractivity contribution in [2.24, 2.45) is 22.7 Å². The maximum atomic E-state index is 12.4. The summed E-state index contributed by atoms with van der Waals surface area (Å²) in [4.78, 5) is 12.4. The highest BCUT2D eigenvalue weighted by Gasteiger charge is 2.61. The molecular weight excluding hydrogens is 324 g/mol. The first-order valence-electron chi connectivity index (χ1n) is 10.9. The predicted octanol–water partition coefficient (Wildman–Crippen LogP) is 6.35. The highest BCUT2D eigenvalue weighted by atomic mass is 28.4. The van der Waals surface area contributed by atoms with Crippen molar-refractivity contribution in [1.82, 2.24) is 0 Å². The normalized spacial score (nSPS) is 35.5. The molecule has 3 fully saturated rings. The standard InChI is InChI=1S/C22H40O2Si/c1-17(24-25(3,4)5)9-6-7-14-22(15-16-22)20-12-11-18-19(23)10-8-13-21(18,20)2/h17-18,20H,6-16H2,1-5H3/t17?,18?,20-,21?/m0/s1. The summed E-state index contributed by atoms with van der Waals surface area (Å²) in [6.07, 6.45) is 14.3. The van der Waals surface area contributed by atoms with E-state index in [2.05, 4.69) is 33.5 Å². The van der Waals surface area contributed by atoms with Crippen LogP contribution in [0.1, 0.15) is 84.5 Å². The molecule has 0 aliphatic heterocycles. The van der Waals surface area contributed by atoms with Gasteiger partial charge in [-0.15, -0.1) is 0 Å². The Bertz CT molecular complexity index is 491. The van der Waals surface area contributed by atoms with Crippen molar-refractivity contribution >= 4 is 14.1 Å². The first kappa shape index (κ1) is 19.6. The smallest absolute Gasteiger partial charge is 0.184 e. The second-order valence-corrected chi connectivity index (χ2v) is 15.1. The Hall–Kier alpha value is -0.153. The maximum Gasteiger partial charge on any atom is 0.184 e. The lowest BCUT2D eigenvalue weighted by atomic mass is 9.60. The molecule has 0 spiro atoms. The summed E-state index contributed by atoms with van der Waals surface area (Å²) in [6, 6.07) is 0. The van der Waals surface area contributed by atoms with Crippen LogP contribution in [-0.4, -0.2) is 20.2 Å². The van der Waals surface area contributed by atoms with Crippen LogP contribution >= 0.6 is 0 Å². The van der Waals surface area contributed by atoms with Crippen molar-refractivity contribution in [2.75, 3.05) is 0 Å². The summed E-state index contributed by atoms with van der Waals surface area (Å²) < 4.78 is 6.19. The number of unbranched alkanes of at least 4 members (excludes halogenated alkanes) is 1. The largest absolute Gasteiger partial charge is 0.415 e. The van der Waals surface area contributed by atoms with E-state index in [1.807, 2.05) is 0 Å². The zero-order valence-corrected chi connectivity index (χ0v) is 18.3. The molecule has 0 N–H and O–H groups in total. The van der Waals surface area contributed by atoms with E-state index < -0.39 is 8.32 Å². The molecule has 0 bridgehead atoms. The van der Waals surface area contributed by atoms with Crippen LogP contribution in [0, 0.1) is 22.7 Å². The van der Waals surface area contributed by atoms with Crippen molar-refractivity contribution < 1.29 is 9.22 Å². The van der Waals surface area contributed by atoms with Crippen LogP contribution in [0.2, 0.25) is 19.6 Å². The molecule has 0 saturated heterocycles. The van der Waals surface area contributed by atoms with E-state index in [0.717, 1.165) is 18.8 Å². The van der Waals surface area contributed by atoms with Gasteiger partial charge in [0, 0.05) is 18.4 Å². The number of hydrogen-bond acceptors (Lipinski definition) is 2. The number of carbonyl (C=O) groups excluding carboxylic acids is 1. The minimum atomic E-state index is -1.39. The Morgan fingerprint density at radius 3 is 2.52 bits per heavy atom. The first-order chi connectivity index (χ1) is 11.7. The van der Waals surface area contributed by atoms with Crippen LogP contribution < -0.4 is 0 Å². The van der Waals surface area contributed by atoms with Gasteiger partial charge in [0.1, 0.15) is 5.78 Å². The average molecular weight is 365 g/mol. The predicted molar refractivity (Wildman–Crippen MR) is 107 cm³/mol. The Kier molecular flexibility index (Phi) is 5.57. The molecule has 3 rings (SSSR count). The van der Waals surface area contributed by atoms with Gasteiger partial charge in [0.05, 0.1) is 0 Å². The Balaban J connectivity index is 1.49. The van der Waals surface area contributed by atoms with E-state index in [-0.39, 0.29) is 0 Å². The molecule has 25 heavy (non-hydrogen) atoms. The molecule has 3 aliphatic carbocycles. The highest BCUT2D eigenvalue weighted by molar-refractivity contribution is 6.69. The van der Waals surface area contributed by atoms with Gasteiger partial charge in [0.25, 0.3) is 0 Å². The van der Waals surface area contributed by atoms with Crippen molar-refractivity contribution in [3.8, 4) is 0 Å². The zero-order valence-electron chi connectivity index (χ0n) is 17.3. The molecule has 144 valence electrons. The number of ketones is 1. The van der Waals surface area contributed by atoms with E-state index in [0.29, 0.717) is 28.6 Å². The fourth-order valence-corrected chi connectivity index (χ4v) is 7.77. The van der Waals surface area contributed by atoms with Crippen LogP contribution in [0.3, 0.4) is 0 Å². The van der Waals surface area contributed by atoms with Gasteiger partial charge in [-0.2, -0.15) is 0 Å². The second kappa shape index (κ2) is 7.11. The molecule has 0 amide bonds. The maximum absolute atomic E-state index is 12.4. The second-order valence-electron chi connectivity index (χ2n) is 10.7. The van der Waals surface area contributed by atoms with E-state index in [1.165, 1.54) is 57.8 Å². The van der Waals surface area contributed by atoms with Gasteiger partial charge in [0.2, 0.25) is 0 Å². The Labute approximate surface area is 156 Å². The number of fused-ring (bicyclic) bond motifs is 1. The van der Waals surface area contributed by atoms with E-state index >= 15 is 0 Å². The molecule has 0 aromatic carbocycles. The number of hydrogen-bond donors (Lipinski definition) is 0. The van der Waals surface area contributed by atoms with Crippen molar-refractivity contribution in [1.29, 1.82) is 0 Å². The fourth-order valence-electron chi connectivity index (χ4n) is 6.44. The lowest BCUT2D eigenvalue weighted by molar-refractivity contribution is -0.130. The third-order valence-corrected chi connectivity index (χ3v) is 8.69. The van der Waals surface area contributed by atoms with Crippen LogP contribution in [0.25, 0.3) is 0 Å². The van der Waals surface area contributed by atoms with Gasteiger partial charge < -0.3 is 4.43 Å². The summed E-state index contributed by atoms with van der Waals surface area (Å²) in [6.45, 7) is 11.6. The third kappa shape index (κ3) is 4.23. The molecule has 0 heterocycles. The topological polar surface area (TPSA) is 26.3 Å². The number of rotatable bonds is 8. The van der Waals surface area contributed by atoms with E-state index in [1.54, 1.807) is 0 Å². The Morgan fingerprint density at radius 2 is 1.88 bits per heavy atom. The average Bonchev–Trinajstić information content (AvgIpc) is 3.17. The van der Waals surface area contributed by atoms with Gasteiger partial charge in [-0.1, -0.05) is 19.8 Å². The SMILES string of the molecule is CC(CCCCC1([C@H]2CCC3C(=O)CCCC32C)CC1)O[Si](C)(C)C. The van der Waals surface area contributed by atoms with Crippen molar-refractivity contribution in [3.05, 3.63) is 0 Å². The lowest BCUT2D eigenvalue weighted by Crippen LogP contribution is -2.40. The highest BCUT2D eigenvalue weighted by Crippen LogP contribution is 2.68. The summed E-state index contributed by atoms with van der Waals surface area (Å²) in [7, 11) is -1.39. The minimum Gasteiger partial charge on any atom is -0.415 e. The van der Waals surface area contributed by atoms with Gasteiger partial charge in [-0.05, 0) is 94.7 Å². The number of Topliss-reactive ketones (excluding diaryl/α,β-unsaturated/α-hetero) is 1. The van der Waals surface area contributed by atoms with Crippen molar-refractivity contribution in [2.45, 2.75) is 110 Å². The van der Waals surface area contributed by atoms with Crippen LogP contribution in [0.4, 0.5) is 0 Å². The molecular formula is C22H40O2Si. The number of carbonyl (C=O) groups is 1. The van der Waals surface area contributed by atoms with Gasteiger partial charge in [-0.3, -0.25) is 4.79 Å². The first-order valence-corrected chi connectivity index (χ1v) is 14.3. The minimum absolute atomic E-state index is 0.333. The molecule has 4 atom stereocenters. The molecule has 3 aliphatic rings. The lowest BCUT2D eigenvalue weighted by Gasteiger charge is -2.43. The molecule has 3 saturated carbocycles. The molecule has 0 aromatic heterocycles. The van der Waals surface area contributed by atoms with Gasteiger partial charge in [0.15, 0.2) is 8.32 Å². The van der Waals surface area contributed by atoms with Crippen molar-refractivity contribution in [3.63, 3.8) is 0 Å². The van der Waals surface area contributed by atoms with E-state index in [9.17, 15) is 4.79 Å². The fraction of sp³-hybridized carbons (Fsp3) is 0.955. The quantitative estimate of drug-likeness (QED) is 0.370. The summed E-state index contributed by atoms with van der Waals surface area (Å²) in [5.41, 5.74) is 0.935. The summed E-state index contributed by atoms with van der Waals surface area (Å²) in [5, 5.41) is 0. The Morgan fingerprint density at radius 1 is 1.16 bits per heavy atom. The monoisotopic (exact) mass is 364 g/mol. The molecule has 3 heteroatoms. The van der Waals surface area contributed by atoms with Crippen LogP contribution in [-0.2, 0) is 9.22 Å². The molecule has 0 radical (unpaired) electrons. The molecule has 0 aromatic rings. The third-order valence-electron chi connectivity index (χ3n) is 7.58.